The van der Waals surface area contributed by atoms with E-state index in [2.05, 4.69) is 56.0 Å². The summed E-state index contributed by atoms with van der Waals surface area (Å²) in [4.78, 5) is 0. The predicted molar refractivity (Wildman–Crippen MR) is 132 cm³/mol. The molecule has 2 aromatic rings. The molecule has 0 heterocycles. The first-order chi connectivity index (χ1) is 15.3. The minimum atomic E-state index is 0.652. The van der Waals surface area contributed by atoms with Crippen LogP contribution in [0.25, 0.3) is 0 Å². The highest BCUT2D eigenvalue weighted by molar-refractivity contribution is 5.40. The number of benzene rings is 2. The van der Waals surface area contributed by atoms with Crippen molar-refractivity contribution in [3.05, 3.63) is 77.4 Å². The minimum absolute atomic E-state index is 0.652. The molecule has 0 aliphatic heterocycles. The summed E-state index contributed by atoms with van der Waals surface area (Å²) in [6.45, 7) is 6.80. The van der Waals surface area contributed by atoms with E-state index in [9.17, 15) is 0 Å². The summed E-state index contributed by atoms with van der Waals surface area (Å²) >= 11 is 0. The topological polar surface area (TPSA) is 9.23 Å². The van der Waals surface area contributed by atoms with Gasteiger partial charge in [-0.05, 0) is 104 Å². The van der Waals surface area contributed by atoms with Crippen LogP contribution < -0.4 is 4.74 Å². The molecule has 0 radical (unpaired) electrons. The van der Waals surface area contributed by atoms with Crippen molar-refractivity contribution in [1.29, 1.82) is 0 Å². The van der Waals surface area contributed by atoms with Crippen LogP contribution in [0.5, 0.6) is 5.75 Å². The zero-order valence-electron chi connectivity index (χ0n) is 19.5. The number of rotatable bonds is 9. The maximum atomic E-state index is 5.85. The minimum Gasteiger partial charge on any atom is -0.493 e. The summed E-state index contributed by atoms with van der Waals surface area (Å²) in [6, 6.07) is 16.4. The zero-order valence-corrected chi connectivity index (χ0v) is 19.5. The second-order valence-corrected chi connectivity index (χ2v) is 9.82. The molecule has 1 heteroatoms. The third kappa shape index (κ3) is 5.82. The van der Waals surface area contributed by atoms with Crippen molar-refractivity contribution in [3.8, 4) is 5.75 Å². The highest BCUT2D eigenvalue weighted by Crippen LogP contribution is 2.39. The Morgan fingerprint density at radius 3 is 2.35 bits per heavy atom. The Labute approximate surface area is 189 Å². The van der Waals surface area contributed by atoms with E-state index in [-0.39, 0.29) is 0 Å². The Hall–Kier alpha value is -2.02. The van der Waals surface area contributed by atoms with Gasteiger partial charge in [0.25, 0.3) is 0 Å². The van der Waals surface area contributed by atoms with Crippen molar-refractivity contribution in [3.63, 3.8) is 0 Å². The highest BCUT2D eigenvalue weighted by Gasteiger charge is 2.24. The lowest BCUT2D eigenvalue weighted by Gasteiger charge is -2.29. The molecule has 1 atom stereocenters. The SMILES string of the molecule is C=CCCOc1ccc2c(c1)CCC(c1ccc(C3CCC(CCCC)CC3)cc1)C2. The van der Waals surface area contributed by atoms with Crippen LogP contribution in [0.3, 0.4) is 0 Å². The lowest BCUT2D eigenvalue weighted by atomic mass is 9.76. The molecule has 31 heavy (non-hydrogen) atoms. The fraction of sp³-hybridized carbons (Fsp3) is 0.533. The van der Waals surface area contributed by atoms with Gasteiger partial charge in [-0.25, -0.2) is 0 Å². The van der Waals surface area contributed by atoms with Crippen LogP contribution in [-0.4, -0.2) is 6.61 Å². The summed E-state index contributed by atoms with van der Waals surface area (Å²) in [5.41, 5.74) is 6.08. The smallest absolute Gasteiger partial charge is 0.119 e. The number of unbranched alkanes of at least 4 members (excludes halogenated alkanes) is 1. The van der Waals surface area contributed by atoms with E-state index in [1.807, 2.05) is 6.08 Å². The van der Waals surface area contributed by atoms with Gasteiger partial charge in [0.1, 0.15) is 5.75 Å². The van der Waals surface area contributed by atoms with Crippen LogP contribution in [0.2, 0.25) is 0 Å². The van der Waals surface area contributed by atoms with Gasteiger partial charge in [-0.3, -0.25) is 0 Å². The average Bonchev–Trinajstić information content (AvgIpc) is 2.83. The number of ether oxygens (including phenoxy) is 1. The molecule has 4 rings (SSSR count). The maximum Gasteiger partial charge on any atom is 0.119 e. The van der Waals surface area contributed by atoms with Crippen LogP contribution in [0.1, 0.15) is 98.8 Å². The first-order valence-corrected chi connectivity index (χ1v) is 12.7. The molecule has 1 saturated carbocycles. The molecule has 1 fully saturated rings. The summed E-state index contributed by atoms with van der Waals surface area (Å²) in [7, 11) is 0. The van der Waals surface area contributed by atoms with E-state index in [1.165, 1.54) is 68.1 Å². The lowest BCUT2D eigenvalue weighted by molar-refractivity contribution is 0.304. The van der Waals surface area contributed by atoms with Crippen molar-refractivity contribution in [2.24, 2.45) is 5.92 Å². The molecule has 1 nitrogen and oxygen atoms in total. The number of hydrogen-bond donors (Lipinski definition) is 0. The molecule has 2 aromatic carbocycles. The third-order valence-electron chi connectivity index (χ3n) is 7.69. The average molecular weight is 417 g/mol. The predicted octanol–water partition coefficient (Wildman–Crippen LogP) is 8.38. The van der Waals surface area contributed by atoms with Crippen molar-refractivity contribution in [2.45, 2.75) is 89.4 Å². The number of hydrogen-bond acceptors (Lipinski definition) is 1. The molecule has 1 unspecified atom stereocenters. The first kappa shape index (κ1) is 22.2. The Bertz CT molecular complexity index is 826. The summed E-state index contributed by atoms with van der Waals surface area (Å²) in [5.74, 6) is 3.44. The lowest BCUT2D eigenvalue weighted by Crippen LogP contribution is -2.14. The fourth-order valence-corrected chi connectivity index (χ4v) is 5.68. The van der Waals surface area contributed by atoms with Gasteiger partial charge in [0.2, 0.25) is 0 Å². The van der Waals surface area contributed by atoms with Crippen LogP contribution >= 0.6 is 0 Å². The van der Waals surface area contributed by atoms with Gasteiger partial charge in [-0.2, -0.15) is 0 Å². The Balaban J connectivity index is 1.32. The molecular formula is C30H40O. The van der Waals surface area contributed by atoms with E-state index >= 15 is 0 Å². The van der Waals surface area contributed by atoms with Crippen LogP contribution in [0.4, 0.5) is 0 Å². The molecule has 0 aromatic heterocycles. The second-order valence-electron chi connectivity index (χ2n) is 9.82. The van der Waals surface area contributed by atoms with Gasteiger partial charge in [-0.15, -0.1) is 6.58 Å². The number of aryl methyl sites for hydroxylation is 1. The Kier molecular flexibility index (Phi) is 7.89. The molecule has 0 spiro atoms. The molecule has 0 amide bonds. The van der Waals surface area contributed by atoms with Crippen LogP contribution in [0.15, 0.2) is 55.1 Å². The fourth-order valence-electron chi connectivity index (χ4n) is 5.68. The molecule has 166 valence electrons. The molecular weight excluding hydrogens is 376 g/mol. The third-order valence-corrected chi connectivity index (χ3v) is 7.69. The largest absolute Gasteiger partial charge is 0.493 e. The van der Waals surface area contributed by atoms with E-state index in [0.717, 1.165) is 43.5 Å². The maximum absolute atomic E-state index is 5.85. The normalized spacial score (nSPS) is 23.2. The van der Waals surface area contributed by atoms with E-state index in [1.54, 1.807) is 5.56 Å². The Morgan fingerprint density at radius 1 is 0.903 bits per heavy atom. The van der Waals surface area contributed by atoms with Crippen molar-refractivity contribution in [2.75, 3.05) is 6.61 Å². The number of fused-ring (bicyclic) bond motifs is 1. The summed E-state index contributed by atoms with van der Waals surface area (Å²) < 4.78 is 5.85. The van der Waals surface area contributed by atoms with Gasteiger partial charge < -0.3 is 4.74 Å². The molecule has 2 aliphatic carbocycles. The quantitative estimate of drug-likeness (QED) is 0.294. The molecule has 0 N–H and O–H groups in total. The molecule has 0 bridgehead atoms. The zero-order chi connectivity index (χ0) is 21.5. The van der Waals surface area contributed by atoms with Crippen LogP contribution in [0, 0.1) is 5.92 Å². The summed E-state index contributed by atoms with van der Waals surface area (Å²) in [5, 5.41) is 0. The van der Waals surface area contributed by atoms with E-state index in [0.29, 0.717) is 5.92 Å². The van der Waals surface area contributed by atoms with Crippen molar-refractivity contribution < 1.29 is 4.74 Å². The van der Waals surface area contributed by atoms with Gasteiger partial charge in [0.05, 0.1) is 6.61 Å². The van der Waals surface area contributed by atoms with Crippen molar-refractivity contribution >= 4 is 0 Å². The monoisotopic (exact) mass is 416 g/mol. The van der Waals surface area contributed by atoms with Gasteiger partial charge in [0.15, 0.2) is 0 Å². The first-order valence-electron chi connectivity index (χ1n) is 12.7. The van der Waals surface area contributed by atoms with Gasteiger partial charge >= 0.3 is 0 Å². The van der Waals surface area contributed by atoms with Gasteiger partial charge in [-0.1, -0.05) is 62.6 Å². The summed E-state index contributed by atoms with van der Waals surface area (Å²) in [6.07, 6.45) is 16.2. The standard InChI is InChI=1S/C30H40O/c1-3-5-7-23-8-10-24(11-9-23)25-12-14-26(15-13-25)27-16-17-29-22-30(31-20-6-4-2)19-18-28(29)21-27/h4,12-15,18-19,22-24,27H,2-3,5-11,16-17,20-21H2,1H3. The van der Waals surface area contributed by atoms with E-state index < -0.39 is 0 Å². The van der Waals surface area contributed by atoms with Gasteiger partial charge in [0, 0.05) is 0 Å². The van der Waals surface area contributed by atoms with Crippen LogP contribution in [-0.2, 0) is 12.8 Å². The molecule has 2 aliphatic rings. The van der Waals surface area contributed by atoms with Crippen molar-refractivity contribution in [1.82, 2.24) is 0 Å². The second kappa shape index (κ2) is 11.0. The Morgan fingerprint density at radius 2 is 1.65 bits per heavy atom. The highest BCUT2D eigenvalue weighted by atomic mass is 16.5. The van der Waals surface area contributed by atoms with E-state index in [4.69, 9.17) is 4.74 Å². The molecule has 0 saturated heterocycles.